The van der Waals surface area contributed by atoms with E-state index in [0.29, 0.717) is 5.92 Å². The number of benzene rings is 2. The molecule has 3 heteroatoms. The highest BCUT2D eigenvalue weighted by molar-refractivity contribution is 5.53. The zero-order valence-corrected chi connectivity index (χ0v) is 19.5. The highest BCUT2D eigenvalue weighted by Gasteiger charge is 2.19. The minimum atomic E-state index is 0.184. The van der Waals surface area contributed by atoms with Gasteiger partial charge in [-0.1, -0.05) is 45.0 Å². The van der Waals surface area contributed by atoms with Crippen molar-refractivity contribution >= 4 is 11.4 Å². The number of aryl methyl sites for hydroxylation is 1. The van der Waals surface area contributed by atoms with E-state index < -0.39 is 0 Å². The van der Waals surface area contributed by atoms with Crippen LogP contribution in [0.25, 0.3) is 0 Å². The standard InChI is InChI=1S/C27H35N3/c1-8-23-17-22(18-26(28-23)19(2)3)27(20-9-13-24(14-10-20)29(4)5)21-11-15-25(16-12-21)30(6)7/h9-19,27H,8H2,1-7H3. The molecule has 0 radical (unpaired) electrons. The third-order valence-electron chi connectivity index (χ3n) is 5.69. The van der Waals surface area contributed by atoms with Crippen molar-refractivity contribution in [2.45, 2.75) is 39.0 Å². The number of nitrogens with zero attached hydrogens (tertiary/aromatic N) is 3. The van der Waals surface area contributed by atoms with Gasteiger partial charge in [-0.25, -0.2) is 0 Å². The molecule has 0 saturated heterocycles. The molecule has 0 bridgehead atoms. The van der Waals surface area contributed by atoms with E-state index in [-0.39, 0.29) is 5.92 Å². The SMILES string of the molecule is CCc1cc(C(c2ccc(N(C)C)cc2)c2ccc(N(C)C)cc2)cc(C(C)C)n1. The number of aromatic nitrogens is 1. The summed E-state index contributed by atoms with van der Waals surface area (Å²) in [6.45, 7) is 6.62. The van der Waals surface area contributed by atoms with Gasteiger partial charge in [-0.3, -0.25) is 4.98 Å². The zero-order valence-electron chi connectivity index (χ0n) is 19.5. The van der Waals surface area contributed by atoms with Crippen LogP contribution in [-0.4, -0.2) is 33.2 Å². The molecule has 0 amide bonds. The minimum absolute atomic E-state index is 0.184. The van der Waals surface area contributed by atoms with Gasteiger partial charge >= 0.3 is 0 Å². The number of hydrogen-bond donors (Lipinski definition) is 0. The van der Waals surface area contributed by atoms with Gasteiger partial charge in [0, 0.05) is 56.9 Å². The summed E-state index contributed by atoms with van der Waals surface area (Å²) in [7, 11) is 8.32. The summed E-state index contributed by atoms with van der Waals surface area (Å²) >= 11 is 0. The van der Waals surface area contributed by atoms with Crippen molar-refractivity contribution in [3.8, 4) is 0 Å². The first kappa shape index (κ1) is 21.9. The van der Waals surface area contributed by atoms with Crippen molar-refractivity contribution in [2.75, 3.05) is 38.0 Å². The third kappa shape index (κ3) is 4.84. The number of anilines is 2. The van der Waals surface area contributed by atoms with Crippen molar-refractivity contribution in [3.05, 3.63) is 88.7 Å². The van der Waals surface area contributed by atoms with Crippen LogP contribution in [0.3, 0.4) is 0 Å². The van der Waals surface area contributed by atoms with Crippen LogP contribution in [0.5, 0.6) is 0 Å². The molecule has 0 aliphatic carbocycles. The quantitative estimate of drug-likeness (QED) is 0.478. The molecular weight excluding hydrogens is 366 g/mol. The van der Waals surface area contributed by atoms with Gasteiger partial charge in [0.2, 0.25) is 0 Å². The molecule has 2 aromatic carbocycles. The van der Waals surface area contributed by atoms with Gasteiger partial charge in [-0.15, -0.1) is 0 Å². The Bertz CT molecular complexity index is 903. The molecule has 1 heterocycles. The van der Waals surface area contributed by atoms with Crippen LogP contribution < -0.4 is 9.80 Å². The summed E-state index contributed by atoms with van der Waals surface area (Å²) in [5, 5.41) is 0. The number of pyridine rings is 1. The fourth-order valence-corrected chi connectivity index (χ4v) is 3.79. The fraction of sp³-hybridized carbons (Fsp3) is 0.370. The van der Waals surface area contributed by atoms with Crippen LogP contribution in [0.4, 0.5) is 11.4 Å². The molecule has 30 heavy (non-hydrogen) atoms. The first-order valence-electron chi connectivity index (χ1n) is 10.9. The Morgan fingerprint density at radius 1 is 0.700 bits per heavy atom. The first-order valence-corrected chi connectivity index (χ1v) is 10.9. The molecule has 0 N–H and O–H groups in total. The van der Waals surface area contributed by atoms with Gasteiger partial charge in [0.05, 0.1) is 0 Å². The predicted octanol–water partition coefficient (Wildman–Crippen LogP) is 6.08. The molecule has 3 nitrogen and oxygen atoms in total. The lowest BCUT2D eigenvalue weighted by molar-refractivity contribution is 0.796. The molecule has 0 aliphatic rings. The van der Waals surface area contributed by atoms with Crippen molar-refractivity contribution in [1.82, 2.24) is 4.98 Å². The lowest BCUT2D eigenvalue weighted by Gasteiger charge is -2.23. The van der Waals surface area contributed by atoms with E-state index in [0.717, 1.165) is 12.1 Å². The molecule has 0 spiro atoms. The van der Waals surface area contributed by atoms with Crippen molar-refractivity contribution in [3.63, 3.8) is 0 Å². The summed E-state index contributed by atoms with van der Waals surface area (Å²) < 4.78 is 0. The second kappa shape index (κ2) is 9.34. The minimum Gasteiger partial charge on any atom is -0.378 e. The van der Waals surface area contributed by atoms with Crippen LogP contribution in [0, 0.1) is 0 Å². The normalized spacial score (nSPS) is 11.2. The van der Waals surface area contributed by atoms with E-state index in [9.17, 15) is 0 Å². The molecule has 0 atom stereocenters. The Labute approximate surface area is 182 Å². The lowest BCUT2D eigenvalue weighted by atomic mass is 9.84. The maximum atomic E-state index is 4.88. The van der Waals surface area contributed by atoms with Crippen LogP contribution >= 0.6 is 0 Å². The van der Waals surface area contributed by atoms with E-state index in [4.69, 9.17) is 4.98 Å². The average molecular weight is 402 g/mol. The smallest absolute Gasteiger partial charge is 0.0435 e. The maximum Gasteiger partial charge on any atom is 0.0435 e. The van der Waals surface area contributed by atoms with Gasteiger partial charge in [0.25, 0.3) is 0 Å². The van der Waals surface area contributed by atoms with E-state index in [1.807, 2.05) is 0 Å². The summed E-state index contributed by atoms with van der Waals surface area (Å²) in [5.41, 5.74) is 8.70. The van der Waals surface area contributed by atoms with E-state index >= 15 is 0 Å². The summed E-state index contributed by atoms with van der Waals surface area (Å²) in [4.78, 5) is 9.17. The van der Waals surface area contributed by atoms with Crippen LogP contribution in [0.2, 0.25) is 0 Å². The molecule has 0 unspecified atom stereocenters. The molecule has 1 aromatic heterocycles. The molecule has 0 fully saturated rings. The van der Waals surface area contributed by atoms with Gasteiger partial charge in [0.15, 0.2) is 0 Å². The van der Waals surface area contributed by atoms with Gasteiger partial charge in [0.1, 0.15) is 0 Å². The van der Waals surface area contributed by atoms with E-state index in [1.165, 1.54) is 33.8 Å². The Morgan fingerprint density at radius 2 is 1.17 bits per heavy atom. The Morgan fingerprint density at radius 3 is 1.53 bits per heavy atom. The van der Waals surface area contributed by atoms with Crippen LogP contribution in [-0.2, 0) is 6.42 Å². The van der Waals surface area contributed by atoms with Gasteiger partial charge < -0.3 is 9.80 Å². The summed E-state index contributed by atoms with van der Waals surface area (Å²) in [6, 6.07) is 22.5. The second-order valence-electron chi connectivity index (χ2n) is 8.73. The predicted molar refractivity (Wildman–Crippen MR) is 130 cm³/mol. The van der Waals surface area contributed by atoms with E-state index in [1.54, 1.807) is 0 Å². The van der Waals surface area contributed by atoms with Crippen LogP contribution in [0.1, 0.15) is 60.7 Å². The molecule has 3 aromatic rings. The van der Waals surface area contributed by atoms with E-state index in [2.05, 4.69) is 119 Å². The Hall–Kier alpha value is -2.81. The molecular formula is C27H35N3. The van der Waals surface area contributed by atoms with Gasteiger partial charge in [-0.05, 0) is 65.4 Å². The Balaban J connectivity index is 2.15. The average Bonchev–Trinajstić information content (AvgIpc) is 2.74. The molecule has 0 saturated carbocycles. The van der Waals surface area contributed by atoms with Crippen molar-refractivity contribution in [1.29, 1.82) is 0 Å². The highest BCUT2D eigenvalue weighted by Crippen LogP contribution is 2.35. The monoisotopic (exact) mass is 401 g/mol. The number of hydrogen-bond acceptors (Lipinski definition) is 3. The zero-order chi connectivity index (χ0) is 21.8. The number of rotatable bonds is 7. The lowest BCUT2D eigenvalue weighted by Crippen LogP contribution is -2.11. The first-order chi connectivity index (χ1) is 14.3. The van der Waals surface area contributed by atoms with Crippen molar-refractivity contribution < 1.29 is 0 Å². The maximum absolute atomic E-state index is 4.88. The topological polar surface area (TPSA) is 19.4 Å². The van der Waals surface area contributed by atoms with Crippen LogP contribution in [0.15, 0.2) is 60.7 Å². The van der Waals surface area contributed by atoms with Gasteiger partial charge in [-0.2, -0.15) is 0 Å². The third-order valence-corrected chi connectivity index (χ3v) is 5.69. The van der Waals surface area contributed by atoms with Crippen molar-refractivity contribution in [2.24, 2.45) is 0 Å². The fourth-order valence-electron chi connectivity index (χ4n) is 3.79. The largest absolute Gasteiger partial charge is 0.378 e. The highest BCUT2D eigenvalue weighted by atomic mass is 15.1. The second-order valence-corrected chi connectivity index (χ2v) is 8.73. The molecule has 0 aliphatic heterocycles. The summed E-state index contributed by atoms with van der Waals surface area (Å²) in [5.74, 6) is 0.589. The molecule has 158 valence electrons. The Kier molecular flexibility index (Phi) is 6.81. The molecule has 3 rings (SSSR count). The summed E-state index contributed by atoms with van der Waals surface area (Å²) in [6.07, 6.45) is 0.944.